The molecule has 2 unspecified atom stereocenters. The Bertz CT molecular complexity index is 712. The highest BCUT2D eigenvalue weighted by Crippen LogP contribution is 2.43. The Morgan fingerprint density at radius 2 is 1.63 bits per heavy atom. The smallest absolute Gasteiger partial charge is 0.192 e. The summed E-state index contributed by atoms with van der Waals surface area (Å²) in [6.45, 7) is 31.5. The van der Waals surface area contributed by atoms with Gasteiger partial charge in [-0.3, -0.25) is 4.79 Å². The van der Waals surface area contributed by atoms with Crippen LogP contribution in [0.4, 0.5) is 0 Å². The van der Waals surface area contributed by atoms with Gasteiger partial charge in [-0.15, -0.1) is 6.58 Å². The van der Waals surface area contributed by atoms with Crippen molar-refractivity contribution in [3.63, 3.8) is 0 Å². The molecule has 0 aromatic rings. The van der Waals surface area contributed by atoms with Crippen molar-refractivity contribution in [1.29, 1.82) is 0 Å². The van der Waals surface area contributed by atoms with Crippen molar-refractivity contribution in [1.82, 2.24) is 0 Å². The summed E-state index contributed by atoms with van der Waals surface area (Å²) in [7, 11) is -3.92. The van der Waals surface area contributed by atoms with E-state index in [2.05, 4.69) is 100 Å². The van der Waals surface area contributed by atoms with E-state index >= 15 is 0 Å². The highest BCUT2D eigenvalue weighted by molar-refractivity contribution is 6.74. The summed E-state index contributed by atoms with van der Waals surface area (Å²) in [6.07, 6.45) is 12.5. The summed E-state index contributed by atoms with van der Waals surface area (Å²) in [5.41, 5.74) is 0. The van der Waals surface area contributed by atoms with Gasteiger partial charge in [0.05, 0.1) is 12.2 Å². The van der Waals surface area contributed by atoms with Crippen LogP contribution in [-0.4, -0.2) is 34.6 Å². The average Bonchev–Trinajstić information content (AvgIpc) is 2.96. The molecule has 35 heavy (non-hydrogen) atoms. The second-order valence-corrected chi connectivity index (χ2v) is 23.6. The highest BCUT2D eigenvalue weighted by Gasteiger charge is 2.47. The lowest BCUT2D eigenvalue weighted by Crippen LogP contribution is -2.45. The zero-order valence-corrected chi connectivity index (χ0v) is 27.3. The van der Waals surface area contributed by atoms with E-state index in [9.17, 15) is 4.79 Å². The Hall–Kier alpha value is -0.496. The van der Waals surface area contributed by atoms with Crippen LogP contribution in [0, 0.1) is 17.8 Å². The minimum Gasteiger partial charge on any atom is -0.413 e. The van der Waals surface area contributed by atoms with Crippen LogP contribution in [0.25, 0.3) is 0 Å². The minimum atomic E-state index is -1.99. The fraction of sp³-hybridized carbons (Fsp3) is 0.833. The molecule has 0 saturated heterocycles. The van der Waals surface area contributed by atoms with Crippen molar-refractivity contribution < 1.29 is 13.6 Å². The van der Waals surface area contributed by atoms with Crippen molar-refractivity contribution >= 4 is 22.4 Å². The number of unbranched alkanes of at least 4 members (excludes halogenated alkanes) is 1. The van der Waals surface area contributed by atoms with Gasteiger partial charge in [0.1, 0.15) is 5.78 Å². The second-order valence-electron chi connectivity index (χ2n) is 14.1. The van der Waals surface area contributed by atoms with Gasteiger partial charge in [0.2, 0.25) is 0 Å². The average molecular weight is 523 g/mol. The Morgan fingerprint density at radius 1 is 1.06 bits per heavy atom. The van der Waals surface area contributed by atoms with E-state index in [1.165, 1.54) is 19.3 Å². The molecule has 1 saturated carbocycles. The lowest BCUT2D eigenvalue weighted by molar-refractivity contribution is -0.121. The van der Waals surface area contributed by atoms with Gasteiger partial charge in [0, 0.05) is 18.3 Å². The normalized spacial score (nSPS) is 24.2. The third kappa shape index (κ3) is 9.39. The number of hydrogen-bond acceptors (Lipinski definition) is 3. The predicted octanol–water partition coefficient (Wildman–Crippen LogP) is 9.32. The van der Waals surface area contributed by atoms with Gasteiger partial charge in [-0.05, 0) is 55.0 Å². The lowest BCUT2D eigenvalue weighted by atomic mass is 9.90. The van der Waals surface area contributed by atoms with Gasteiger partial charge in [0.25, 0.3) is 0 Å². The molecule has 1 fully saturated rings. The Kier molecular flexibility index (Phi) is 11.9. The molecule has 0 aromatic carbocycles. The van der Waals surface area contributed by atoms with Crippen LogP contribution in [0.1, 0.15) is 93.9 Å². The molecule has 1 rings (SSSR count). The van der Waals surface area contributed by atoms with Crippen LogP contribution >= 0.6 is 0 Å². The maximum Gasteiger partial charge on any atom is 0.192 e. The first-order valence-corrected chi connectivity index (χ1v) is 19.9. The summed E-state index contributed by atoms with van der Waals surface area (Å²) in [5, 5.41) is 0.276. The van der Waals surface area contributed by atoms with Crippen LogP contribution in [0.2, 0.25) is 36.3 Å². The number of allylic oxidation sites excluding steroid dienone is 1. The summed E-state index contributed by atoms with van der Waals surface area (Å²) in [5.74, 6) is 0.986. The molecule has 0 radical (unpaired) electrons. The fourth-order valence-electron chi connectivity index (χ4n) is 4.40. The molecule has 1 aliphatic rings. The molecule has 0 heterocycles. The maximum atomic E-state index is 13.1. The van der Waals surface area contributed by atoms with Gasteiger partial charge in [0.15, 0.2) is 16.6 Å². The Labute approximate surface area is 220 Å². The van der Waals surface area contributed by atoms with E-state index in [0.29, 0.717) is 24.5 Å². The Morgan fingerprint density at radius 3 is 2.11 bits per heavy atom. The summed E-state index contributed by atoms with van der Waals surface area (Å²) in [4.78, 5) is 13.1. The first-order chi connectivity index (χ1) is 15.9. The number of hydrogen-bond donors (Lipinski definition) is 0. The molecule has 0 amide bonds. The number of rotatable bonds is 13. The van der Waals surface area contributed by atoms with E-state index in [4.69, 9.17) is 8.85 Å². The third-order valence-electron chi connectivity index (χ3n) is 8.87. The minimum absolute atomic E-state index is 0.0374. The van der Waals surface area contributed by atoms with Crippen LogP contribution in [0.3, 0.4) is 0 Å². The zero-order valence-electron chi connectivity index (χ0n) is 25.3. The van der Waals surface area contributed by atoms with Crippen LogP contribution in [-0.2, 0) is 13.6 Å². The van der Waals surface area contributed by atoms with E-state index in [-0.39, 0.29) is 34.1 Å². The molecule has 3 nitrogen and oxygen atoms in total. The van der Waals surface area contributed by atoms with Crippen molar-refractivity contribution in [3.8, 4) is 0 Å². The molecular formula is C30H58O3Si2. The number of carbonyl (C=O) groups excluding carboxylic acids is 1. The lowest BCUT2D eigenvalue weighted by Gasteiger charge is -2.40. The maximum absolute atomic E-state index is 13.1. The van der Waals surface area contributed by atoms with Gasteiger partial charge >= 0.3 is 0 Å². The van der Waals surface area contributed by atoms with Gasteiger partial charge in [-0.25, -0.2) is 0 Å². The number of carbonyl (C=O) groups is 1. The third-order valence-corrected chi connectivity index (χ3v) is 17.9. The van der Waals surface area contributed by atoms with E-state index in [0.717, 1.165) is 6.42 Å². The molecule has 0 spiro atoms. The highest BCUT2D eigenvalue weighted by atomic mass is 28.4. The fourth-order valence-corrected chi connectivity index (χ4v) is 7.04. The quantitative estimate of drug-likeness (QED) is 0.178. The standard InChI is InChI=1S/C30H58O3Si2/c1-14-16-18-23(3)21-24(32-34(10,11)29(4,5)6)19-20-26-25(17-15-2)27(31)22-28(26)33-35(12,13)30(7,8)9/h15,19-20,23-26,28H,2,14,16-18,21-22H2,1,3-13H3/t23?,24-,25-,26-,28?/m1/s1. The monoisotopic (exact) mass is 522 g/mol. The van der Waals surface area contributed by atoms with Crippen LogP contribution in [0.15, 0.2) is 24.8 Å². The van der Waals surface area contributed by atoms with Crippen molar-refractivity contribution in [2.75, 3.05) is 0 Å². The molecule has 0 aliphatic heterocycles. The molecule has 5 atom stereocenters. The summed E-state index contributed by atoms with van der Waals surface area (Å²) in [6, 6.07) is 0. The summed E-state index contributed by atoms with van der Waals surface area (Å²) < 4.78 is 13.8. The van der Waals surface area contributed by atoms with E-state index < -0.39 is 16.6 Å². The van der Waals surface area contributed by atoms with Crippen LogP contribution in [0.5, 0.6) is 0 Å². The molecular weight excluding hydrogens is 464 g/mol. The SMILES string of the molecule is C=CC[C@H]1C(=O)CC(O[Si](C)(C)C(C)(C)C)[C@@H]1C=C[C@H](CC(C)CCCC)O[Si](C)(C)C(C)(C)C. The first kappa shape index (κ1) is 32.5. The summed E-state index contributed by atoms with van der Waals surface area (Å²) >= 11 is 0. The molecule has 1 aliphatic carbocycles. The predicted molar refractivity (Wildman–Crippen MR) is 158 cm³/mol. The first-order valence-electron chi connectivity index (χ1n) is 14.0. The zero-order chi connectivity index (χ0) is 27.2. The molecule has 204 valence electrons. The van der Waals surface area contributed by atoms with Gasteiger partial charge in [-0.2, -0.15) is 0 Å². The Balaban J connectivity index is 3.27. The molecule has 5 heteroatoms. The largest absolute Gasteiger partial charge is 0.413 e. The van der Waals surface area contributed by atoms with Gasteiger partial charge < -0.3 is 8.85 Å². The van der Waals surface area contributed by atoms with E-state index in [1.807, 2.05) is 6.08 Å². The van der Waals surface area contributed by atoms with Crippen molar-refractivity contribution in [2.45, 2.75) is 142 Å². The van der Waals surface area contributed by atoms with Crippen molar-refractivity contribution in [3.05, 3.63) is 24.8 Å². The van der Waals surface area contributed by atoms with Gasteiger partial charge in [-0.1, -0.05) is 92.9 Å². The molecule has 0 aromatic heterocycles. The topological polar surface area (TPSA) is 35.5 Å². The van der Waals surface area contributed by atoms with E-state index in [1.54, 1.807) is 0 Å². The number of Topliss-reactive ketones (excluding diaryl/α,β-unsaturated/α-hetero) is 1. The van der Waals surface area contributed by atoms with Crippen molar-refractivity contribution in [2.24, 2.45) is 17.8 Å². The second kappa shape index (κ2) is 12.8. The molecule has 0 bridgehead atoms. The van der Waals surface area contributed by atoms with Crippen LogP contribution < -0.4 is 0 Å². The number of ketones is 1. The molecule has 0 N–H and O–H groups in total.